The van der Waals surface area contributed by atoms with Crippen LogP contribution in [-0.4, -0.2) is 21.0 Å². The Morgan fingerprint density at radius 1 is 1.19 bits per heavy atom. The second-order valence-corrected chi connectivity index (χ2v) is 5.80. The lowest BCUT2D eigenvalue weighted by Gasteiger charge is -2.04. The van der Waals surface area contributed by atoms with Crippen LogP contribution >= 0.6 is 23.2 Å². The van der Waals surface area contributed by atoms with Gasteiger partial charge in [-0.25, -0.2) is 4.79 Å². The number of esters is 1. The number of benzene rings is 2. The number of nitrogens with zero attached hydrogens (tertiary/aromatic N) is 3. The number of ether oxygens (including phenoxy) is 1. The van der Waals surface area contributed by atoms with Crippen LogP contribution in [0.4, 0.5) is 5.69 Å². The molecule has 0 saturated carbocycles. The first-order chi connectivity index (χ1) is 12.5. The van der Waals surface area contributed by atoms with E-state index in [9.17, 15) is 14.9 Å². The quantitative estimate of drug-likeness (QED) is 0.360. The number of aromatic nitrogens is 2. The smallest absolute Gasteiger partial charge is 0.340 e. The molecule has 0 aliphatic rings. The lowest BCUT2D eigenvalue weighted by Crippen LogP contribution is -2.07. The van der Waals surface area contributed by atoms with E-state index in [-0.39, 0.29) is 34.6 Å². The van der Waals surface area contributed by atoms with Crippen molar-refractivity contribution in [2.75, 3.05) is 0 Å². The van der Waals surface area contributed by atoms with Gasteiger partial charge in [0.05, 0.1) is 20.5 Å². The summed E-state index contributed by atoms with van der Waals surface area (Å²) in [5, 5.41) is 15.0. The summed E-state index contributed by atoms with van der Waals surface area (Å²) in [5.41, 5.74) is 0.157. The standard InChI is InChI=1S/C16H9Cl2N3O5/c17-12-4-2-1-3-10(12)15-19-14(26-20-15)8-25-16(22)11-7-9(21(23)24)5-6-13(11)18/h1-7H,8H2. The molecule has 1 aromatic heterocycles. The number of halogens is 2. The van der Waals surface area contributed by atoms with E-state index in [1.807, 2.05) is 0 Å². The molecule has 0 radical (unpaired) electrons. The number of hydrogen-bond acceptors (Lipinski definition) is 7. The molecule has 0 bridgehead atoms. The molecule has 8 nitrogen and oxygen atoms in total. The summed E-state index contributed by atoms with van der Waals surface area (Å²) in [7, 11) is 0. The maximum atomic E-state index is 12.1. The zero-order valence-corrected chi connectivity index (χ0v) is 14.4. The third-order valence-corrected chi connectivity index (χ3v) is 3.95. The number of nitro groups is 1. The van der Waals surface area contributed by atoms with E-state index in [2.05, 4.69) is 10.1 Å². The Hall–Kier alpha value is -2.97. The van der Waals surface area contributed by atoms with Crippen molar-refractivity contribution >= 4 is 34.9 Å². The van der Waals surface area contributed by atoms with Crippen molar-refractivity contribution < 1.29 is 19.0 Å². The fourth-order valence-electron chi connectivity index (χ4n) is 2.05. The van der Waals surface area contributed by atoms with Crippen molar-refractivity contribution in [2.45, 2.75) is 6.61 Å². The molecule has 26 heavy (non-hydrogen) atoms. The van der Waals surface area contributed by atoms with Crippen molar-refractivity contribution in [1.82, 2.24) is 10.1 Å². The summed E-state index contributed by atoms with van der Waals surface area (Å²) in [4.78, 5) is 26.4. The van der Waals surface area contributed by atoms with Crippen LogP contribution in [0.5, 0.6) is 0 Å². The first kappa shape index (κ1) is 17.8. The highest BCUT2D eigenvalue weighted by atomic mass is 35.5. The Bertz CT molecular complexity index is 990. The molecule has 0 spiro atoms. The number of hydrogen-bond donors (Lipinski definition) is 0. The van der Waals surface area contributed by atoms with E-state index in [4.69, 9.17) is 32.5 Å². The summed E-state index contributed by atoms with van der Waals surface area (Å²) >= 11 is 11.9. The largest absolute Gasteiger partial charge is 0.452 e. The molecule has 0 aliphatic heterocycles. The molecule has 0 amide bonds. The molecule has 0 saturated heterocycles. The first-order valence-electron chi connectivity index (χ1n) is 7.14. The molecule has 1 heterocycles. The maximum Gasteiger partial charge on any atom is 0.340 e. The van der Waals surface area contributed by atoms with Gasteiger partial charge in [-0.2, -0.15) is 4.98 Å². The Morgan fingerprint density at radius 3 is 2.69 bits per heavy atom. The zero-order chi connectivity index (χ0) is 18.7. The molecule has 0 N–H and O–H groups in total. The first-order valence-corrected chi connectivity index (χ1v) is 7.90. The average Bonchev–Trinajstić information content (AvgIpc) is 3.09. The lowest BCUT2D eigenvalue weighted by molar-refractivity contribution is -0.384. The summed E-state index contributed by atoms with van der Waals surface area (Å²) < 4.78 is 10.0. The van der Waals surface area contributed by atoms with Crippen LogP contribution in [-0.2, 0) is 11.3 Å². The van der Waals surface area contributed by atoms with Gasteiger partial charge in [-0.3, -0.25) is 10.1 Å². The molecular formula is C16H9Cl2N3O5. The topological polar surface area (TPSA) is 108 Å². The predicted octanol–water partition coefficient (Wildman–Crippen LogP) is 4.31. The van der Waals surface area contributed by atoms with Gasteiger partial charge in [-0.15, -0.1) is 0 Å². The Balaban J connectivity index is 1.72. The molecule has 3 rings (SSSR count). The fraction of sp³-hybridized carbons (Fsp3) is 0.0625. The minimum Gasteiger partial charge on any atom is -0.452 e. The third-order valence-electron chi connectivity index (χ3n) is 3.29. The number of nitro benzene ring substituents is 1. The number of non-ortho nitro benzene ring substituents is 1. The third kappa shape index (κ3) is 3.81. The van der Waals surface area contributed by atoms with Gasteiger partial charge in [0.1, 0.15) is 0 Å². The summed E-state index contributed by atoms with van der Waals surface area (Å²) in [6, 6.07) is 10.4. The second-order valence-electron chi connectivity index (χ2n) is 4.99. The van der Waals surface area contributed by atoms with Gasteiger partial charge in [0.25, 0.3) is 11.6 Å². The Kier molecular flexibility index (Phi) is 5.15. The van der Waals surface area contributed by atoms with Crippen molar-refractivity contribution in [2.24, 2.45) is 0 Å². The minimum absolute atomic E-state index is 0.0304. The van der Waals surface area contributed by atoms with Crippen LogP contribution < -0.4 is 0 Å². The predicted molar refractivity (Wildman–Crippen MR) is 92.0 cm³/mol. The highest BCUT2D eigenvalue weighted by Gasteiger charge is 2.19. The van der Waals surface area contributed by atoms with E-state index in [0.29, 0.717) is 10.6 Å². The van der Waals surface area contributed by atoms with Crippen LogP contribution in [0.2, 0.25) is 10.0 Å². The van der Waals surface area contributed by atoms with Crippen LogP contribution in [0.3, 0.4) is 0 Å². The van der Waals surface area contributed by atoms with Gasteiger partial charge >= 0.3 is 5.97 Å². The van der Waals surface area contributed by atoms with Crippen molar-refractivity contribution in [1.29, 1.82) is 0 Å². The molecule has 3 aromatic rings. The molecule has 0 atom stereocenters. The number of carbonyl (C=O) groups is 1. The normalized spacial score (nSPS) is 10.5. The molecule has 0 fully saturated rings. The van der Waals surface area contributed by atoms with E-state index in [1.54, 1.807) is 24.3 Å². The number of carbonyl (C=O) groups excluding carboxylic acids is 1. The van der Waals surface area contributed by atoms with Gasteiger partial charge in [-0.05, 0) is 18.2 Å². The van der Waals surface area contributed by atoms with Crippen LogP contribution in [0.25, 0.3) is 11.4 Å². The summed E-state index contributed by atoms with van der Waals surface area (Å²) in [6.45, 7) is -0.324. The van der Waals surface area contributed by atoms with Crippen molar-refractivity contribution in [3.63, 3.8) is 0 Å². The monoisotopic (exact) mass is 393 g/mol. The molecule has 0 unspecified atom stereocenters. The van der Waals surface area contributed by atoms with Gasteiger partial charge in [0, 0.05) is 17.7 Å². The van der Waals surface area contributed by atoms with Crippen molar-refractivity contribution in [3.8, 4) is 11.4 Å². The van der Waals surface area contributed by atoms with Crippen LogP contribution in [0, 0.1) is 10.1 Å². The molecule has 2 aromatic carbocycles. The maximum absolute atomic E-state index is 12.1. The van der Waals surface area contributed by atoms with Gasteiger partial charge in [0.2, 0.25) is 5.82 Å². The zero-order valence-electron chi connectivity index (χ0n) is 12.9. The molecule has 132 valence electrons. The van der Waals surface area contributed by atoms with Gasteiger partial charge in [0.15, 0.2) is 6.61 Å². The SMILES string of the molecule is O=C(OCc1nc(-c2ccccc2Cl)no1)c1cc([N+](=O)[O-])ccc1Cl. The van der Waals surface area contributed by atoms with Gasteiger partial charge in [-0.1, -0.05) is 40.5 Å². The molecule has 10 heteroatoms. The van der Waals surface area contributed by atoms with Crippen molar-refractivity contribution in [3.05, 3.63) is 74.1 Å². The van der Waals surface area contributed by atoms with E-state index < -0.39 is 10.9 Å². The summed E-state index contributed by atoms with van der Waals surface area (Å²) in [5.74, 6) is -0.568. The Labute approximate surface area is 156 Å². The second kappa shape index (κ2) is 7.51. The van der Waals surface area contributed by atoms with Crippen LogP contribution in [0.1, 0.15) is 16.2 Å². The average molecular weight is 394 g/mol. The minimum atomic E-state index is -0.851. The fourth-order valence-corrected chi connectivity index (χ4v) is 2.47. The molecule has 0 aliphatic carbocycles. The van der Waals surface area contributed by atoms with Gasteiger partial charge < -0.3 is 9.26 Å². The van der Waals surface area contributed by atoms with E-state index in [1.165, 1.54) is 12.1 Å². The van der Waals surface area contributed by atoms with E-state index in [0.717, 1.165) is 6.07 Å². The van der Waals surface area contributed by atoms with Crippen LogP contribution in [0.15, 0.2) is 47.0 Å². The van der Waals surface area contributed by atoms with E-state index >= 15 is 0 Å². The molecular weight excluding hydrogens is 385 g/mol. The summed E-state index contributed by atoms with van der Waals surface area (Å²) in [6.07, 6.45) is 0. The Morgan fingerprint density at radius 2 is 1.96 bits per heavy atom. The highest BCUT2D eigenvalue weighted by Crippen LogP contribution is 2.26. The highest BCUT2D eigenvalue weighted by molar-refractivity contribution is 6.33. The lowest BCUT2D eigenvalue weighted by atomic mass is 10.2. The number of rotatable bonds is 5.